The third kappa shape index (κ3) is 6.11. The van der Waals surface area contributed by atoms with E-state index in [1.54, 1.807) is 0 Å². The Morgan fingerprint density at radius 3 is 2.06 bits per heavy atom. The first-order valence-electron chi connectivity index (χ1n) is 19.1. The van der Waals surface area contributed by atoms with Crippen molar-refractivity contribution in [3.05, 3.63) is 186 Å². The van der Waals surface area contributed by atoms with E-state index in [-0.39, 0.29) is 5.78 Å². The van der Waals surface area contributed by atoms with E-state index in [2.05, 4.69) is 148 Å². The van der Waals surface area contributed by atoms with Gasteiger partial charge in [0.05, 0.1) is 17.2 Å². The van der Waals surface area contributed by atoms with Crippen molar-refractivity contribution in [1.29, 1.82) is 0 Å². The molecule has 8 aromatic rings. The van der Waals surface area contributed by atoms with E-state index in [0.29, 0.717) is 18.3 Å². The second-order valence-electron chi connectivity index (χ2n) is 14.9. The van der Waals surface area contributed by atoms with Gasteiger partial charge in [-0.2, -0.15) is 10.2 Å². The van der Waals surface area contributed by atoms with Crippen molar-refractivity contribution < 1.29 is 4.79 Å². The van der Waals surface area contributed by atoms with Crippen LogP contribution in [0.5, 0.6) is 0 Å². The van der Waals surface area contributed by atoms with Crippen LogP contribution in [0.15, 0.2) is 158 Å². The molecule has 2 atom stereocenters. The summed E-state index contributed by atoms with van der Waals surface area (Å²) in [6.45, 7) is 2.90. The molecule has 0 saturated heterocycles. The molecule has 0 amide bonds. The maximum absolute atomic E-state index is 14.3. The molecule has 2 unspecified atom stereocenters. The smallest absolute Gasteiger partial charge is 0.163 e. The third-order valence-corrected chi connectivity index (χ3v) is 11.4. The number of aryl methyl sites for hydroxylation is 1. The summed E-state index contributed by atoms with van der Waals surface area (Å²) in [6.07, 6.45) is 8.77. The molecule has 54 heavy (non-hydrogen) atoms. The summed E-state index contributed by atoms with van der Waals surface area (Å²) in [7, 11) is 0. The van der Waals surface area contributed by atoms with Crippen molar-refractivity contribution in [3.63, 3.8) is 0 Å². The van der Waals surface area contributed by atoms with Crippen molar-refractivity contribution in [2.75, 3.05) is 0 Å². The van der Waals surface area contributed by atoms with Gasteiger partial charge >= 0.3 is 0 Å². The SMILES string of the molecule is Cc1cc(-c2nn(C(c3ccccc3)(c3ccccc3)c3ccccc3)c3ccc(C(=O)CC4CCCC(Cn5ncc6ccccc65)C4)cc23)ccn1. The number of aromatic nitrogens is 5. The Labute approximate surface area is 316 Å². The molecule has 0 bridgehead atoms. The number of fused-ring (bicyclic) bond motifs is 2. The highest BCUT2D eigenvalue weighted by molar-refractivity contribution is 6.03. The van der Waals surface area contributed by atoms with E-state index in [0.717, 1.165) is 75.9 Å². The highest BCUT2D eigenvalue weighted by atomic mass is 16.1. The lowest BCUT2D eigenvalue weighted by molar-refractivity contribution is 0.0937. The number of Topliss-reactive ketones (excluding diaryl/α,β-unsaturated/α-hetero) is 1. The minimum absolute atomic E-state index is 0.192. The lowest BCUT2D eigenvalue weighted by Gasteiger charge is -2.37. The lowest BCUT2D eigenvalue weighted by Crippen LogP contribution is -2.38. The van der Waals surface area contributed by atoms with Crippen LogP contribution in [0.25, 0.3) is 33.1 Å². The Kier molecular flexibility index (Phi) is 8.95. The molecular formula is C48H43N5O. The molecule has 266 valence electrons. The van der Waals surface area contributed by atoms with Crippen LogP contribution in [0.1, 0.15) is 64.8 Å². The Balaban J connectivity index is 1.13. The number of ketones is 1. The Morgan fingerprint density at radius 1 is 0.722 bits per heavy atom. The molecule has 6 heteroatoms. The molecule has 0 spiro atoms. The molecule has 5 aromatic carbocycles. The zero-order valence-corrected chi connectivity index (χ0v) is 30.6. The van der Waals surface area contributed by atoms with Crippen LogP contribution >= 0.6 is 0 Å². The van der Waals surface area contributed by atoms with Gasteiger partial charge in [0, 0.05) is 46.8 Å². The molecule has 3 heterocycles. The molecule has 3 aromatic heterocycles. The van der Waals surface area contributed by atoms with Gasteiger partial charge in [-0.15, -0.1) is 0 Å². The topological polar surface area (TPSA) is 65.6 Å². The summed E-state index contributed by atoms with van der Waals surface area (Å²) in [5, 5.41) is 12.4. The van der Waals surface area contributed by atoms with E-state index in [1.165, 1.54) is 17.3 Å². The monoisotopic (exact) mass is 705 g/mol. The van der Waals surface area contributed by atoms with Crippen LogP contribution < -0.4 is 0 Å². The van der Waals surface area contributed by atoms with Crippen molar-refractivity contribution in [3.8, 4) is 11.3 Å². The van der Waals surface area contributed by atoms with Crippen molar-refractivity contribution >= 4 is 27.6 Å². The summed E-state index contributed by atoms with van der Waals surface area (Å²) in [6, 6.07) is 50.6. The van der Waals surface area contributed by atoms with Crippen LogP contribution in [0.2, 0.25) is 0 Å². The fourth-order valence-corrected chi connectivity index (χ4v) is 8.91. The number of rotatable bonds is 10. The first-order valence-corrected chi connectivity index (χ1v) is 19.1. The van der Waals surface area contributed by atoms with Gasteiger partial charge in [-0.25, -0.2) is 4.68 Å². The molecule has 1 fully saturated rings. The van der Waals surface area contributed by atoms with Crippen molar-refractivity contribution in [1.82, 2.24) is 24.5 Å². The van der Waals surface area contributed by atoms with Crippen molar-refractivity contribution in [2.45, 2.75) is 51.1 Å². The van der Waals surface area contributed by atoms with Gasteiger partial charge in [-0.05, 0) is 91.1 Å². The second-order valence-corrected chi connectivity index (χ2v) is 14.9. The maximum Gasteiger partial charge on any atom is 0.163 e. The molecule has 9 rings (SSSR count). The quantitative estimate of drug-likeness (QED) is 0.105. The summed E-state index contributed by atoms with van der Waals surface area (Å²) in [5.41, 5.74) is 8.08. The number of hydrogen-bond acceptors (Lipinski definition) is 4. The predicted octanol–water partition coefficient (Wildman–Crippen LogP) is 10.7. The minimum Gasteiger partial charge on any atom is -0.294 e. The number of pyridine rings is 1. The van der Waals surface area contributed by atoms with Crippen molar-refractivity contribution in [2.24, 2.45) is 11.8 Å². The summed E-state index contributed by atoms with van der Waals surface area (Å²) >= 11 is 0. The standard InChI is InChI=1S/C48H43N5O/c1-34-28-38(26-27-49-34)47-43-31-37(46(54)30-35-14-13-15-36(29-35)33-52-44-23-12-11-16-39(44)32-50-52)24-25-45(43)53(51-47)48(40-17-5-2-6-18-40,41-19-7-3-8-20-41)42-21-9-4-10-22-42/h2-12,16-28,31-32,35-36H,13-15,29-30,33H2,1H3. The van der Waals surface area contributed by atoms with E-state index in [1.807, 2.05) is 31.5 Å². The molecular weight excluding hydrogens is 663 g/mol. The van der Waals surface area contributed by atoms with E-state index in [9.17, 15) is 4.79 Å². The number of para-hydroxylation sites is 1. The summed E-state index contributed by atoms with van der Waals surface area (Å²) < 4.78 is 4.34. The zero-order chi connectivity index (χ0) is 36.5. The number of nitrogens with zero attached hydrogens (tertiary/aromatic N) is 5. The lowest BCUT2D eigenvalue weighted by atomic mass is 9.77. The van der Waals surface area contributed by atoms with Gasteiger partial charge in [-0.1, -0.05) is 116 Å². The van der Waals surface area contributed by atoms with Crippen LogP contribution in [0.3, 0.4) is 0 Å². The highest BCUT2D eigenvalue weighted by Crippen LogP contribution is 2.44. The van der Waals surface area contributed by atoms with Gasteiger partial charge in [0.2, 0.25) is 0 Å². The average molecular weight is 706 g/mol. The Morgan fingerprint density at radius 2 is 1.37 bits per heavy atom. The number of carbonyl (C=O) groups is 1. The van der Waals surface area contributed by atoms with Crippen LogP contribution in [0, 0.1) is 18.8 Å². The van der Waals surface area contributed by atoms with E-state index >= 15 is 0 Å². The largest absolute Gasteiger partial charge is 0.294 e. The molecule has 0 radical (unpaired) electrons. The first-order chi connectivity index (χ1) is 26.6. The summed E-state index contributed by atoms with van der Waals surface area (Å²) in [4.78, 5) is 18.8. The molecule has 6 nitrogen and oxygen atoms in total. The van der Waals surface area contributed by atoms with Gasteiger partial charge < -0.3 is 0 Å². The van der Waals surface area contributed by atoms with Gasteiger partial charge in [0.15, 0.2) is 5.78 Å². The van der Waals surface area contributed by atoms with E-state index < -0.39 is 5.54 Å². The van der Waals surface area contributed by atoms with Gasteiger partial charge in [-0.3, -0.25) is 14.5 Å². The average Bonchev–Trinajstić information content (AvgIpc) is 3.81. The van der Waals surface area contributed by atoms with Gasteiger partial charge in [0.1, 0.15) is 11.2 Å². The molecule has 0 aliphatic heterocycles. The maximum atomic E-state index is 14.3. The number of benzene rings is 5. The number of carbonyl (C=O) groups excluding carboxylic acids is 1. The van der Waals surface area contributed by atoms with E-state index in [4.69, 9.17) is 10.2 Å². The number of hydrogen-bond donors (Lipinski definition) is 0. The second kappa shape index (κ2) is 14.4. The summed E-state index contributed by atoms with van der Waals surface area (Å²) in [5.74, 6) is 1.04. The molecule has 0 N–H and O–H groups in total. The van der Waals surface area contributed by atoms with Crippen LogP contribution in [0.4, 0.5) is 0 Å². The Hall–Kier alpha value is -6.14. The minimum atomic E-state index is -0.801. The third-order valence-electron chi connectivity index (χ3n) is 11.4. The molecule has 1 aliphatic carbocycles. The Bertz CT molecular complexity index is 2460. The predicted molar refractivity (Wildman–Crippen MR) is 216 cm³/mol. The zero-order valence-electron chi connectivity index (χ0n) is 30.6. The fraction of sp³-hybridized carbons (Fsp3) is 0.208. The normalized spacial score (nSPS) is 16.2. The first kappa shape index (κ1) is 33.7. The molecule has 1 aliphatic rings. The van der Waals surface area contributed by atoms with Crippen LogP contribution in [-0.2, 0) is 12.1 Å². The highest BCUT2D eigenvalue weighted by Gasteiger charge is 2.41. The molecule has 1 saturated carbocycles. The fourth-order valence-electron chi connectivity index (χ4n) is 8.91. The van der Waals surface area contributed by atoms with Gasteiger partial charge in [0.25, 0.3) is 0 Å². The van der Waals surface area contributed by atoms with Crippen LogP contribution in [-0.4, -0.2) is 30.3 Å².